The number of nitrogens with zero attached hydrogens (tertiary/aromatic N) is 3. The van der Waals surface area contributed by atoms with Crippen LogP contribution < -0.4 is 5.73 Å². The van der Waals surface area contributed by atoms with Gasteiger partial charge in [-0.15, -0.1) is 0 Å². The van der Waals surface area contributed by atoms with Crippen molar-refractivity contribution in [1.29, 1.82) is 0 Å². The monoisotopic (exact) mass is 338 g/mol. The average molecular weight is 338 g/mol. The van der Waals surface area contributed by atoms with E-state index in [0.29, 0.717) is 5.69 Å². The Morgan fingerprint density at radius 2 is 2.12 bits per heavy atom. The summed E-state index contributed by atoms with van der Waals surface area (Å²) >= 11 is 0. The molecule has 1 unspecified atom stereocenters. The Bertz CT molecular complexity index is 817. The zero-order valence-corrected chi connectivity index (χ0v) is 14.6. The summed E-state index contributed by atoms with van der Waals surface area (Å²) in [6, 6.07) is 5.65. The molecular weight excluding hydrogens is 316 g/mol. The number of aliphatic imine (C=N–C) groups is 1. The fraction of sp³-hybridized carbons (Fsp3) is 0.526. The number of carbonyl (C=O) groups excluding carboxylic acids is 1. The maximum atomic E-state index is 13.3. The smallest absolute Gasteiger partial charge is 0.262 e. The third kappa shape index (κ3) is 1.93. The van der Waals surface area contributed by atoms with E-state index in [9.17, 15) is 4.79 Å². The van der Waals surface area contributed by atoms with Crippen molar-refractivity contribution in [3.8, 4) is 0 Å². The predicted molar refractivity (Wildman–Crippen MR) is 94.2 cm³/mol. The molecule has 4 rings (SSSR count). The van der Waals surface area contributed by atoms with Crippen LogP contribution in [0, 0.1) is 12.0 Å². The number of fused-ring (bicyclic) bond motifs is 3. The van der Waals surface area contributed by atoms with E-state index in [2.05, 4.69) is 4.85 Å². The van der Waals surface area contributed by atoms with Crippen molar-refractivity contribution in [3.63, 3.8) is 0 Å². The van der Waals surface area contributed by atoms with Gasteiger partial charge in [-0.1, -0.05) is 18.2 Å². The minimum atomic E-state index is -0.986. The van der Waals surface area contributed by atoms with E-state index in [0.717, 1.165) is 43.2 Å². The zero-order chi connectivity index (χ0) is 17.8. The van der Waals surface area contributed by atoms with Crippen LogP contribution in [0.2, 0.25) is 0 Å². The third-order valence-electron chi connectivity index (χ3n) is 6.37. The zero-order valence-electron chi connectivity index (χ0n) is 14.6. The number of nitrogens with two attached hydrogens (primary N) is 1. The Kier molecular flexibility index (Phi) is 3.41. The topological polar surface area (TPSA) is 72.3 Å². The molecule has 2 aliphatic carbocycles. The standard InChI is InChI=1S/C19H22N4O2/c1-21-13-5-4-12-11-18(8-6-14(25-3)7-9-18)19(15(12)10-13)16(24)23(2)17(20)22-19/h4-5,10,14H,6-9,11H2,2-3H3,(H2,20,22). The van der Waals surface area contributed by atoms with Gasteiger partial charge in [-0.05, 0) is 43.2 Å². The molecule has 0 bridgehead atoms. The van der Waals surface area contributed by atoms with E-state index >= 15 is 0 Å². The maximum absolute atomic E-state index is 13.3. The minimum Gasteiger partial charge on any atom is -0.381 e. The Morgan fingerprint density at radius 1 is 1.40 bits per heavy atom. The molecule has 1 saturated carbocycles. The predicted octanol–water partition coefficient (Wildman–Crippen LogP) is 2.35. The van der Waals surface area contributed by atoms with E-state index < -0.39 is 5.54 Å². The number of methoxy groups -OCH3 is 1. The van der Waals surface area contributed by atoms with Gasteiger partial charge in [0.15, 0.2) is 17.2 Å². The molecule has 1 aromatic carbocycles. The molecule has 2 N–H and O–H groups in total. The number of guanidine groups is 1. The quantitative estimate of drug-likeness (QED) is 0.799. The molecule has 0 saturated heterocycles. The lowest BCUT2D eigenvalue weighted by Crippen LogP contribution is -2.51. The van der Waals surface area contributed by atoms with Gasteiger partial charge in [-0.2, -0.15) is 0 Å². The third-order valence-corrected chi connectivity index (χ3v) is 6.37. The van der Waals surface area contributed by atoms with Crippen LogP contribution in [0.15, 0.2) is 23.2 Å². The van der Waals surface area contributed by atoms with Gasteiger partial charge in [0.25, 0.3) is 5.91 Å². The number of hydrogen-bond acceptors (Lipinski definition) is 4. The molecule has 6 nitrogen and oxygen atoms in total. The number of rotatable bonds is 1. The number of amides is 1. The summed E-state index contributed by atoms with van der Waals surface area (Å²) in [5.74, 6) is 0.195. The summed E-state index contributed by atoms with van der Waals surface area (Å²) in [6.07, 6.45) is 4.59. The molecule has 1 amide bonds. The lowest BCUT2D eigenvalue weighted by atomic mass is 9.61. The Balaban J connectivity index is 1.90. The van der Waals surface area contributed by atoms with Crippen molar-refractivity contribution in [2.75, 3.05) is 14.2 Å². The van der Waals surface area contributed by atoms with Gasteiger partial charge in [0.05, 0.1) is 12.7 Å². The van der Waals surface area contributed by atoms with Crippen molar-refractivity contribution < 1.29 is 9.53 Å². The average Bonchev–Trinajstić information content (AvgIpc) is 3.03. The van der Waals surface area contributed by atoms with Crippen LogP contribution in [-0.2, 0) is 21.5 Å². The highest BCUT2D eigenvalue weighted by Gasteiger charge is 2.66. The van der Waals surface area contributed by atoms with Crippen molar-refractivity contribution in [2.45, 2.75) is 43.7 Å². The van der Waals surface area contributed by atoms with E-state index in [1.807, 2.05) is 18.2 Å². The summed E-state index contributed by atoms with van der Waals surface area (Å²) in [4.78, 5) is 23.1. The summed E-state index contributed by atoms with van der Waals surface area (Å²) in [5, 5.41) is 0. The molecule has 1 atom stereocenters. The number of hydrogen-bond donors (Lipinski definition) is 1. The van der Waals surface area contributed by atoms with Gasteiger partial charge in [-0.3, -0.25) is 9.69 Å². The van der Waals surface area contributed by atoms with Crippen LogP contribution in [0.25, 0.3) is 4.85 Å². The fourth-order valence-corrected chi connectivity index (χ4v) is 4.98. The van der Waals surface area contributed by atoms with Crippen LogP contribution in [0.3, 0.4) is 0 Å². The Labute approximate surface area is 147 Å². The maximum Gasteiger partial charge on any atom is 0.262 e. The Morgan fingerprint density at radius 3 is 2.68 bits per heavy atom. The molecule has 1 heterocycles. The van der Waals surface area contributed by atoms with E-state index in [-0.39, 0.29) is 23.4 Å². The van der Waals surface area contributed by atoms with Crippen molar-refractivity contribution in [3.05, 3.63) is 40.7 Å². The lowest BCUT2D eigenvalue weighted by Gasteiger charge is -2.45. The highest BCUT2D eigenvalue weighted by molar-refractivity contribution is 6.08. The number of benzene rings is 1. The first-order valence-electron chi connectivity index (χ1n) is 8.64. The summed E-state index contributed by atoms with van der Waals surface area (Å²) < 4.78 is 5.53. The molecule has 25 heavy (non-hydrogen) atoms. The van der Waals surface area contributed by atoms with Crippen molar-refractivity contribution in [1.82, 2.24) is 4.90 Å². The second kappa shape index (κ2) is 5.30. The lowest BCUT2D eigenvalue weighted by molar-refractivity contribution is -0.137. The molecule has 0 radical (unpaired) electrons. The molecule has 1 fully saturated rings. The highest BCUT2D eigenvalue weighted by atomic mass is 16.5. The molecule has 130 valence electrons. The van der Waals surface area contributed by atoms with Crippen LogP contribution in [0.5, 0.6) is 0 Å². The molecule has 2 spiro atoms. The largest absolute Gasteiger partial charge is 0.381 e. The van der Waals surface area contributed by atoms with Gasteiger partial charge in [0.2, 0.25) is 0 Å². The van der Waals surface area contributed by atoms with Crippen LogP contribution >= 0.6 is 0 Å². The van der Waals surface area contributed by atoms with E-state index in [4.69, 9.17) is 22.0 Å². The minimum absolute atomic E-state index is 0.0678. The van der Waals surface area contributed by atoms with Crippen LogP contribution in [0.1, 0.15) is 36.8 Å². The van der Waals surface area contributed by atoms with Gasteiger partial charge in [0, 0.05) is 19.6 Å². The first kappa shape index (κ1) is 16.1. The molecular formula is C19H22N4O2. The van der Waals surface area contributed by atoms with Gasteiger partial charge in [0.1, 0.15) is 0 Å². The number of carbonyl (C=O) groups is 1. The molecule has 3 aliphatic rings. The van der Waals surface area contributed by atoms with Gasteiger partial charge in [-0.25, -0.2) is 9.84 Å². The molecule has 1 aliphatic heterocycles. The summed E-state index contributed by atoms with van der Waals surface area (Å²) in [5.41, 5.74) is 7.32. The summed E-state index contributed by atoms with van der Waals surface area (Å²) in [6.45, 7) is 7.34. The Hall–Kier alpha value is -2.39. The SMILES string of the molecule is [C-]#[N+]c1ccc2c(c1)C1(N=C(N)N(C)C1=O)C1(CCC(OC)CC1)C2. The molecule has 1 aromatic rings. The van der Waals surface area contributed by atoms with E-state index in [1.54, 1.807) is 14.2 Å². The summed E-state index contributed by atoms with van der Waals surface area (Å²) in [7, 11) is 3.43. The highest BCUT2D eigenvalue weighted by Crippen LogP contribution is 2.62. The van der Waals surface area contributed by atoms with E-state index in [1.165, 1.54) is 4.90 Å². The number of likely N-dealkylation sites (N-methyl/N-ethyl adjacent to an activating group) is 1. The van der Waals surface area contributed by atoms with Gasteiger partial charge < -0.3 is 10.5 Å². The second-order valence-electron chi connectivity index (χ2n) is 7.39. The van der Waals surface area contributed by atoms with Crippen molar-refractivity contribution >= 4 is 17.6 Å². The molecule has 0 aromatic heterocycles. The van der Waals surface area contributed by atoms with Crippen LogP contribution in [-0.4, -0.2) is 37.0 Å². The second-order valence-corrected chi connectivity index (χ2v) is 7.39. The number of ether oxygens (including phenoxy) is 1. The normalized spacial score (nSPS) is 33.6. The van der Waals surface area contributed by atoms with Crippen LogP contribution in [0.4, 0.5) is 5.69 Å². The molecule has 6 heteroatoms. The van der Waals surface area contributed by atoms with Crippen molar-refractivity contribution in [2.24, 2.45) is 16.1 Å². The fourth-order valence-electron chi connectivity index (χ4n) is 4.98. The first-order chi connectivity index (χ1) is 12.0. The first-order valence-corrected chi connectivity index (χ1v) is 8.64. The van der Waals surface area contributed by atoms with Gasteiger partial charge >= 0.3 is 0 Å².